The van der Waals surface area contributed by atoms with Gasteiger partial charge >= 0.3 is 0 Å². The molecular weight excluding hydrogens is 817 g/mol. The van der Waals surface area contributed by atoms with Crippen molar-refractivity contribution < 1.29 is 9.26 Å². The van der Waals surface area contributed by atoms with Crippen molar-refractivity contribution in [2.24, 2.45) is 5.41 Å². The van der Waals surface area contributed by atoms with Crippen molar-refractivity contribution in [1.29, 1.82) is 0 Å². The Bertz CT molecular complexity index is 2700. The molecule has 0 fully saturated rings. The summed E-state index contributed by atoms with van der Waals surface area (Å²) in [6, 6.07) is 18.5. The highest BCUT2D eigenvalue weighted by molar-refractivity contribution is 5.80. The highest BCUT2D eigenvalue weighted by atomic mass is 16.5. The second-order valence-electron chi connectivity index (χ2n) is 23.2. The Morgan fingerprint density at radius 3 is 2.05 bits per heavy atom. The zero-order valence-corrected chi connectivity index (χ0v) is 43.1. The van der Waals surface area contributed by atoms with Gasteiger partial charge in [0.25, 0.3) is 0 Å². The highest BCUT2D eigenvalue weighted by Gasteiger charge is 2.26. The average molecular weight is 895 g/mol. The number of allylic oxidation sites excluding steroid dienone is 1. The lowest BCUT2D eigenvalue weighted by molar-refractivity contribution is 0.414. The summed E-state index contributed by atoms with van der Waals surface area (Å²) in [6.45, 7) is 34.1. The van der Waals surface area contributed by atoms with E-state index in [0.29, 0.717) is 0 Å². The van der Waals surface area contributed by atoms with Gasteiger partial charge in [-0.2, -0.15) is 10.2 Å². The molecular formula is C56H78N8O2. The van der Waals surface area contributed by atoms with Crippen molar-refractivity contribution in [1.82, 2.24) is 40.1 Å². The van der Waals surface area contributed by atoms with Crippen LogP contribution >= 0.6 is 0 Å². The van der Waals surface area contributed by atoms with E-state index in [2.05, 4.69) is 168 Å². The number of hydrogen-bond acceptors (Lipinski definition) is 7. The van der Waals surface area contributed by atoms with Crippen LogP contribution in [0.2, 0.25) is 0 Å². The van der Waals surface area contributed by atoms with Crippen molar-refractivity contribution in [2.45, 2.75) is 177 Å². The number of aryl methyl sites for hydroxylation is 3. The standard InChI is InChI=1S/C14H18O.C11H18N2.C11H13NO.C10H13N3.C10H16N2/c1-14(2,3)12-7-10-5-6-13(15-4)9-11(10)8-12;1-11(2,3)10-8-6-4-5-7-9(8)12-13-10;1-11(2,3)10-8-6-4-5-7-9(8)13-12-10;1-10(2,3)8-6-12-9-7(13-8)4-5-11-9;1-10(2,3)9-7-8-5-4-6-12(8)11-9/h5-6,8-9H,7H2,1-4H3;4-7H2,1-3H3,(H,12,13);4-7H,1-3H3;4-6H,1-3H3,(H,11,12);7H,4-6H2,1-3H3. The molecule has 2 N–H and O–H groups in total. The van der Waals surface area contributed by atoms with Crippen LogP contribution in [0.3, 0.4) is 0 Å². The minimum atomic E-state index is 0.0482. The minimum Gasteiger partial charge on any atom is -0.497 e. The Morgan fingerprint density at radius 1 is 0.697 bits per heavy atom. The van der Waals surface area contributed by atoms with Gasteiger partial charge in [-0.25, -0.2) is 9.97 Å². The van der Waals surface area contributed by atoms with Gasteiger partial charge in [0.2, 0.25) is 0 Å². The number of fused-ring (bicyclic) bond motifs is 5. The Kier molecular flexibility index (Phi) is 14.9. The molecule has 7 aromatic rings. The number of aromatic amines is 2. The van der Waals surface area contributed by atoms with E-state index in [0.717, 1.165) is 52.2 Å². The molecule has 0 saturated carbocycles. The quantitative estimate of drug-likeness (QED) is 0.168. The fraction of sp³-hybridized carbons (Fsp3) is 0.518. The second-order valence-corrected chi connectivity index (χ2v) is 23.2. The normalized spacial score (nSPS) is 14.6. The predicted molar refractivity (Wildman–Crippen MR) is 273 cm³/mol. The lowest BCUT2D eigenvalue weighted by Gasteiger charge is -2.19. The molecule has 0 saturated heterocycles. The number of methoxy groups -OCH3 is 1. The molecule has 0 bridgehead atoms. The van der Waals surface area contributed by atoms with Crippen molar-refractivity contribution in [3.8, 4) is 5.75 Å². The fourth-order valence-electron chi connectivity index (χ4n) is 8.27. The molecule has 0 amide bonds. The lowest BCUT2D eigenvalue weighted by atomic mass is 9.85. The molecule has 1 aliphatic heterocycles. The van der Waals surface area contributed by atoms with Crippen LogP contribution in [0.25, 0.3) is 28.2 Å². The van der Waals surface area contributed by atoms with Crippen LogP contribution in [0.1, 0.15) is 174 Å². The van der Waals surface area contributed by atoms with Gasteiger partial charge in [-0.15, -0.1) is 0 Å². The predicted octanol–water partition coefficient (Wildman–Crippen LogP) is 13.8. The van der Waals surface area contributed by atoms with Crippen LogP contribution in [-0.2, 0) is 53.9 Å². The number of ether oxygens (including phenoxy) is 1. The number of aromatic nitrogens is 8. The van der Waals surface area contributed by atoms with E-state index in [1.807, 2.05) is 48.8 Å². The van der Waals surface area contributed by atoms with Gasteiger partial charge in [-0.3, -0.25) is 9.78 Å². The van der Waals surface area contributed by atoms with Crippen molar-refractivity contribution in [3.63, 3.8) is 0 Å². The monoisotopic (exact) mass is 895 g/mol. The lowest BCUT2D eigenvalue weighted by Crippen LogP contribution is -2.15. The van der Waals surface area contributed by atoms with E-state index in [1.165, 1.54) is 83.6 Å². The smallest absolute Gasteiger partial charge is 0.167 e. The van der Waals surface area contributed by atoms with Crippen molar-refractivity contribution in [2.75, 3.05) is 7.11 Å². The molecule has 0 unspecified atom stereocenters. The summed E-state index contributed by atoms with van der Waals surface area (Å²) in [5, 5.41) is 17.4. The molecule has 0 spiro atoms. The van der Waals surface area contributed by atoms with Crippen LogP contribution in [0.15, 0.2) is 77.1 Å². The maximum absolute atomic E-state index is 5.23. The second kappa shape index (κ2) is 19.8. The first-order valence-corrected chi connectivity index (χ1v) is 24.0. The first-order valence-electron chi connectivity index (χ1n) is 24.0. The Morgan fingerprint density at radius 2 is 1.39 bits per heavy atom. The average Bonchev–Trinajstić information content (AvgIpc) is 4.09. The molecule has 0 radical (unpaired) electrons. The van der Waals surface area contributed by atoms with E-state index in [-0.39, 0.29) is 27.1 Å². The van der Waals surface area contributed by atoms with Gasteiger partial charge < -0.3 is 14.2 Å². The number of hydrogen-bond donors (Lipinski definition) is 2. The maximum Gasteiger partial charge on any atom is 0.167 e. The van der Waals surface area contributed by atoms with E-state index >= 15 is 0 Å². The number of nitrogens with zero attached hydrogens (tertiary/aromatic N) is 6. The summed E-state index contributed by atoms with van der Waals surface area (Å²) in [5.41, 5.74) is 16.6. The van der Waals surface area contributed by atoms with Crippen LogP contribution in [0, 0.1) is 5.41 Å². The molecule has 6 heterocycles. The molecule has 354 valence electrons. The third kappa shape index (κ3) is 12.5. The molecule has 3 aliphatic rings. The van der Waals surface area contributed by atoms with Crippen molar-refractivity contribution >= 4 is 28.2 Å². The number of benzene rings is 2. The summed E-state index contributed by atoms with van der Waals surface area (Å²) in [5.74, 6) is 0.945. The summed E-state index contributed by atoms with van der Waals surface area (Å²) in [7, 11) is 1.71. The molecule has 10 nitrogen and oxygen atoms in total. The number of H-pyrrole nitrogens is 2. The first kappa shape index (κ1) is 49.9. The summed E-state index contributed by atoms with van der Waals surface area (Å²) < 4.78 is 12.6. The Hall–Kier alpha value is -5.51. The molecule has 2 aromatic carbocycles. The number of nitrogens with one attached hydrogen (secondary N) is 2. The molecule has 0 atom stereocenters. The molecule has 2 aliphatic carbocycles. The van der Waals surface area contributed by atoms with Gasteiger partial charge in [0, 0.05) is 51.2 Å². The third-order valence-electron chi connectivity index (χ3n) is 12.3. The van der Waals surface area contributed by atoms with Gasteiger partial charge in [-0.1, -0.05) is 139 Å². The minimum absolute atomic E-state index is 0.0482. The van der Waals surface area contributed by atoms with Crippen LogP contribution < -0.4 is 4.74 Å². The SMILES string of the molecule is CC(C)(C)c1cc2n(n1)CCC2.CC(C)(C)c1cnc2[nH]ccc2n1.CC(C)(C)c1n[nH]c2c1CCCC2.CC(C)(C)c1noc2ccccc12.COc1ccc2c(c1)C=C(C(C)(C)C)C2. The van der Waals surface area contributed by atoms with E-state index in [1.54, 1.807) is 7.11 Å². The number of rotatable bonds is 1. The molecule has 10 rings (SSSR count). The summed E-state index contributed by atoms with van der Waals surface area (Å²) in [6.07, 6.45) is 14.6. The summed E-state index contributed by atoms with van der Waals surface area (Å²) >= 11 is 0. The Balaban J connectivity index is 0.000000137. The Labute approximate surface area is 394 Å². The molecule has 10 heteroatoms. The summed E-state index contributed by atoms with van der Waals surface area (Å²) in [4.78, 5) is 11.8. The highest BCUT2D eigenvalue weighted by Crippen LogP contribution is 2.38. The van der Waals surface area contributed by atoms with E-state index in [9.17, 15) is 0 Å². The topological polar surface area (TPSA) is 123 Å². The molecule has 5 aromatic heterocycles. The molecule has 66 heavy (non-hydrogen) atoms. The van der Waals surface area contributed by atoms with E-state index in [4.69, 9.17) is 9.26 Å². The first-order chi connectivity index (χ1) is 30.8. The van der Waals surface area contributed by atoms with E-state index < -0.39 is 0 Å². The van der Waals surface area contributed by atoms with Crippen LogP contribution in [0.4, 0.5) is 0 Å². The zero-order chi connectivity index (χ0) is 48.2. The zero-order valence-electron chi connectivity index (χ0n) is 43.1. The fourth-order valence-corrected chi connectivity index (χ4v) is 8.27. The number of para-hydroxylation sites is 1. The largest absolute Gasteiger partial charge is 0.497 e. The van der Waals surface area contributed by atoms with Gasteiger partial charge in [0.1, 0.15) is 11.3 Å². The van der Waals surface area contributed by atoms with Gasteiger partial charge in [-0.05, 0) is 103 Å². The third-order valence-corrected chi connectivity index (χ3v) is 12.3. The van der Waals surface area contributed by atoms with Gasteiger partial charge in [0.15, 0.2) is 11.2 Å². The maximum atomic E-state index is 5.23. The van der Waals surface area contributed by atoms with Crippen LogP contribution in [-0.4, -0.2) is 47.2 Å². The van der Waals surface area contributed by atoms with Crippen LogP contribution in [0.5, 0.6) is 5.75 Å². The van der Waals surface area contributed by atoms with Crippen molar-refractivity contribution in [3.05, 3.63) is 123 Å². The van der Waals surface area contributed by atoms with Gasteiger partial charge in [0.05, 0.1) is 36.1 Å².